The predicted molar refractivity (Wildman–Crippen MR) is 464 cm³/mol. The topological polar surface area (TPSA) is 135 Å². The minimum atomic E-state index is -10.7. The van der Waals surface area contributed by atoms with Gasteiger partial charge in [0.2, 0.25) is 0 Å². The van der Waals surface area contributed by atoms with Crippen molar-refractivity contribution in [1.29, 1.82) is 5.26 Å². The van der Waals surface area contributed by atoms with Gasteiger partial charge in [0.1, 0.15) is 0 Å². The molecule has 0 amide bonds. The van der Waals surface area contributed by atoms with Crippen molar-refractivity contribution in [1.82, 2.24) is 0 Å². The standard InChI is InChI=1S/3C27H27N3.C2H3N.CH2Cl2.4Cu.4F6P/c3*1-4-10-22(11-5-1)19-28-25-16-26(29-20-23-12-6-2-7-13-23)18-27(17-25)30-21-24-14-8-3-9-15-24;1-2-3;2-1-3;;;;;4*1-7(2,3,4,5)6/h3*1-15,19-21,25-27H,16-18H2;1H3;1H2;;;;;;;;/q;;;;;4*+1;4*-1. The first kappa shape index (κ1) is 120. The van der Waals surface area contributed by atoms with Crippen molar-refractivity contribution in [3.05, 3.63) is 323 Å². The average molecular weight is 2140 g/mol. The SMILES string of the molecule is C(=NC1CC(N=Cc2ccccc2)CC(N=Cc2ccccc2)C1)c1ccccc1.C(=NC1CC(N=Cc2ccccc2)CC(N=Cc2ccccc2)C1)c1ccccc1.C(=NC1CC(N=Cc2ccccc2)CC(N=Cc2ccccc2)C1)c1ccccc1.CC#N.ClCCl.F[P-](F)(F)(F)(F)F.F[P-](F)(F)(F)(F)F.F[P-](F)(F)(F)(F)F.F[P-](F)(F)(F)(F)F.[Cu+].[Cu+].[Cu+].[Cu+]. The van der Waals surface area contributed by atoms with Gasteiger partial charge < -0.3 is 0 Å². The average Bonchev–Trinajstić information content (AvgIpc) is 0.803. The summed E-state index contributed by atoms with van der Waals surface area (Å²) >= 11 is 9.53. The second kappa shape index (κ2) is 51.3. The van der Waals surface area contributed by atoms with Crippen LogP contribution in [0.1, 0.15) is 115 Å². The maximum atomic E-state index is 9.87. The minimum absolute atomic E-state index is 0. The van der Waals surface area contributed by atoms with Gasteiger partial charge in [-0.1, -0.05) is 273 Å². The van der Waals surface area contributed by atoms with E-state index in [1.165, 1.54) is 6.92 Å². The number of rotatable bonds is 18. The van der Waals surface area contributed by atoms with E-state index >= 15 is 0 Å². The number of halogens is 26. The second-order valence-corrected chi connectivity index (χ2v) is 35.8. The van der Waals surface area contributed by atoms with Crippen LogP contribution in [0.25, 0.3) is 0 Å². The zero-order valence-electron chi connectivity index (χ0n) is 66.7. The van der Waals surface area contributed by atoms with Crippen molar-refractivity contribution in [2.24, 2.45) is 44.9 Å². The minimum Gasteiger partial charge on any atom is 1.00 e. The van der Waals surface area contributed by atoms with Crippen LogP contribution in [0.5, 0.6) is 0 Å². The van der Waals surface area contributed by atoms with E-state index in [-0.39, 0.29) is 128 Å². The Morgan fingerprint density at radius 3 is 0.344 bits per heavy atom. The van der Waals surface area contributed by atoms with Crippen LogP contribution in [0.3, 0.4) is 0 Å². The quantitative estimate of drug-likeness (QED) is 0.0273. The fourth-order valence-corrected chi connectivity index (χ4v) is 11.4. The zero-order chi connectivity index (χ0) is 92.4. The van der Waals surface area contributed by atoms with Crippen LogP contribution in [0.4, 0.5) is 101 Å². The molecular weight excluding hydrogens is 2050 g/mol. The number of nitriles is 1. The summed E-state index contributed by atoms with van der Waals surface area (Å²) in [5.41, 5.74) is 10.2. The summed E-state index contributed by atoms with van der Waals surface area (Å²) in [5, 5.41) is 7.51. The fraction of sp³-hybridized carbons (Fsp3) is 0.238. The van der Waals surface area contributed by atoms with Gasteiger partial charge in [0.05, 0.1) is 65.8 Å². The van der Waals surface area contributed by atoms with Crippen LogP contribution in [0, 0.1) is 11.3 Å². The van der Waals surface area contributed by atoms with Gasteiger partial charge in [-0.25, -0.2) is 0 Å². The molecule has 3 aliphatic carbocycles. The smallest absolute Gasteiger partial charge is 1.00 e. The fourth-order valence-electron chi connectivity index (χ4n) is 11.4. The van der Waals surface area contributed by atoms with E-state index in [2.05, 4.69) is 109 Å². The molecule has 3 fully saturated rings. The van der Waals surface area contributed by atoms with Gasteiger partial charge in [0, 0.05) is 62.9 Å². The summed E-state index contributed by atoms with van der Waals surface area (Å²) in [6.45, 7) is 1.43. The Bertz CT molecular complexity index is 3990. The molecule has 0 bridgehead atoms. The first-order valence-corrected chi connectivity index (χ1v) is 46.3. The van der Waals surface area contributed by atoms with Gasteiger partial charge in [0.25, 0.3) is 0 Å². The Hall–Kier alpha value is -7.80. The third-order valence-electron chi connectivity index (χ3n) is 16.0. The number of nitrogens with zero attached hydrogens (tertiary/aromatic N) is 10. The molecule has 0 spiro atoms. The second-order valence-electron chi connectivity index (χ2n) is 27.4. The summed E-state index contributed by atoms with van der Waals surface area (Å²) in [4.78, 5) is 44.0. The third-order valence-corrected chi connectivity index (χ3v) is 16.0. The Kier molecular flexibility index (Phi) is 48.2. The van der Waals surface area contributed by atoms with E-state index in [4.69, 9.17) is 73.4 Å². The maximum Gasteiger partial charge on any atom is 1.00 e. The summed E-state index contributed by atoms with van der Waals surface area (Å²) in [6.07, 6.45) is 26.6. The Morgan fingerprint density at radius 1 is 0.219 bits per heavy atom. The monoisotopic (exact) mass is 2140 g/mol. The molecule has 0 saturated heterocycles. The molecule has 0 heterocycles. The number of benzene rings is 9. The molecule has 9 aromatic rings. The van der Waals surface area contributed by atoms with Crippen molar-refractivity contribution in [3.8, 4) is 6.07 Å². The van der Waals surface area contributed by atoms with E-state index in [1.807, 2.05) is 220 Å². The molecule has 0 atom stereocenters. The summed E-state index contributed by atoms with van der Waals surface area (Å²) in [6, 6.07) is 96.4. The van der Waals surface area contributed by atoms with Crippen molar-refractivity contribution < 1.29 is 169 Å². The van der Waals surface area contributed by atoms with Gasteiger partial charge in [-0.3, -0.25) is 44.9 Å². The molecule has 44 heteroatoms. The van der Waals surface area contributed by atoms with Crippen LogP contribution < -0.4 is 0 Å². The first-order chi connectivity index (χ1) is 57.2. The van der Waals surface area contributed by atoms with Crippen molar-refractivity contribution in [2.45, 2.75) is 119 Å². The molecule has 0 radical (unpaired) electrons. The van der Waals surface area contributed by atoms with Gasteiger partial charge >= 0.3 is 200 Å². The predicted octanol–water partition coefficient (Wildman–Crippen LogP) is 32.4. The number of alkyl halides is 2. The normalized spacial score (nSPS) is 20.9. The molecule has 0 aromatic heterocycles. The molecule has 0 N–H and O–H groups in total. The summed E-state index contributed by atoms with van der Waals surface area (Å²) in [5.74, 6) is 0. The maximum absolute atomic E-state index is 10.7. The van der Waals surface area contributed by atoms with Gasteiger partial charge in [0.15, 0.2) is 0 Å². The van der Waals surface area contributed by atoms with E-state index in [0.29, 0.717) is 0 Å². The van der Waals surface area contributed by atoms with Gasteiger partial charge in [-0.05, 0) is 108 Å². The first-order valence-electron chi connectivity index (χ1n) is 37.1. The zero-order valence-corrected chi connectivity index (χ0v) is 75.6. The molecule has 128 heavy (non-hydrogen) atoms. The van der Waals surface area contributed by atoms with E-state index in [0.717, 1.165) is 108 Å². The largest absolute Gasteiger partial charge is 1.00 e. The molecule has 3 aliphatic rings. The Balaban J connectivity index is 0.00000158. The Morgan fingerprint density at radius 2 is 0.281 bits per heavy atom. The number of hydrogen-bond acceptors (Lipinski definition) is 10. The molecule has 718 valence electrons. The summed E-state index contributed by atoms with van der Waals surface area (Å²) in [7, 11) is -42.6. The number of aliphatic imine (C=N–C) groups is 9. The van der Waals surface area contributed by atoms with Gasteiger partial charge in [-0.2, -0.15) is 5.26 Å². The van der Waals surface area contributed by atoms with Crippen LogP contribution in [-0.2, 0) is 68.3 Å². The number of hydrogen-bond donors (Lipinski definition) is 0. The molecule has 3 saturated carbocycles. The van der Waals surface area contributed by atoms with E-state index < -0.39 is 31.2 Å². The van der Waals surface area contributed by atoms with Crippen LogP contribution in [0.2, 0.25) is 0 Å². The molecule has 0 aliphatic heterocycles. The van der Waals surface area contributed by atoms with Crippen LogP contribution in [0.15, 0.2) is 318 Å². The molecule has 12 rings (SSSR count). The molecule has 10 nitrogen and oxygen atoms in total. The van der Waals surface area contributed by atoms with Gasteiger partial charge in [-0.15, -0.1) is 23.2 Å². The van der Waals surface area contributed by atoms with Crippen molar-refractivity contribution >= 4 is 110 Å². The Labute approximate surface area is 777 Å². The van der Waals surface area contributed by atoms with Crippen molar-refractivity contribution in [2.75, 3.05) is 5.34 Å². The molecule has 0 unspecified atom stereocenters. The van der Waals surface area contributed by atoms with E-state index in [9.17, 15) is 101 Å². The van der Waals surface area contributed by atoms with Crippen molar-refractivity contribution in [3.63, 3.8) is 0 Å². The molecule has 9 aromatic carbocycles. The molecular formula is C84H86Cl2Cu4F24N10P4. The van der Waals surface area contributed by atoms with E-state index in [1.54, 1.807) is 6.07 Å². The summed E-state index contributed by atoms with van der Waals surface area (Å²) < 4.78 is 237. The third kappa shape index (κ3) is 77.0. The van der Waals surface area contributed by atoms with Crippen LogP contribution >= 0.6 is 54.4 Å². The van der Waals surface area contributed by atoms with Crippen LogP contribution in [-0.4, -0.2) is 116 Å².